The molecule has 0 atom stereocenters. The second kappa shape index (κ2) is 9.45. The van der Waals surface area contributed by atoms with Gasteiger partial charge in [-0.15, -0.1) is 11.8 Å². The highest BCUT2D eigenvalue weighted by atomic mass is 32.2. The number of thioether (sulfide) groups is 1. The first kappa shape index (κ1) is 20.6. The van der Waals surface area contributed by atoms with Gasteiger partial charge in [0, 0.05) is 18.0 Å². The molecule has 1 fully saturated rings. The highest BCUT2D eigenvalue weighted by molar-refractivity contribution is 8.00. The molecule has 3 aromatic rings. The summed E-state index contributed by atoms with van der Waals surface area (Å²) < 4.78 is 1.96. The van der Waals surface area contributed by atoms with Crippen LogP contribution in [-0.4, -0.2) is 57.5 Å². The second-order valence-corrected chi connectivity index (χ2v) is 8.68. The van der Waals surface area contributed by atoms with E-state index in [0.29, 0.717) is 5.75 Å². The number of rotatable bonds is 6. The molecule has 0 saturated carbocycles. The van der Waals surface area contributed by atoms with E-state index in [1.807, 2.05) is 59.2 Å². The van der Waals surface area contributed by atoms with E-state index in [-0.39, 0.29) is 5.91 Å². The zero-order chi connectivity index (χ0) is 20.9. The number of benzene rings is 1. The minimum absolute atomic E-state index is 0.217. The van der Waals surface area contributed by atoms with Crippen LogP contribution in [0.5, 0.6) is 0 Å². The van der Waals surface area contributed by atoms with E-state index in [1.54, 1.807) is 11.8 Å². The summed E-state index contributed by atoms with van der Waals surface area (Å²) in [7, 11) is 0. The van der Waals surface area contributed by atoms with Crippen LogP contribution >= 0.6 is 11.8 Å². The third kappa shape index (κ3) is 4.74. The number of carbonyl (C=O) groups is 1. The van der Waals surface area contributed by atoms with Gasteiger partial charge < -0.3 is 9.80 Å². The van der Waals surface area contributed by atoms with Gasteiger partial charge in [0.05, 0.1) is 53.9 Å². The van der Waals surface area contributed by atoms with Gasteiger partial charge in [-0.05, 0) is 38.1 Å². The second-order valence-electron chi connectivity index (χ2n) is 7.70. The van der Waals surface area contributed by atoms with Crippen molar-refractivity contribution in [2.45, 2.75) is 25.3 Å². The first-order chi connectivity index (χ1) is 14.6. The van der Waals surface area contributed by atoms with Crippen molar-refractivity contribution in [2.75, 3.05) is 31.9 Å². The van der Waals surface area contributed by atoms with Crippen molar-refractivity contribution in [1.29, 1.82) is 0 Å². The Labute approximate surface area is 181 Å². The number of nitrogens with one attached hydrogen (secondary N) is 1. The quantitative estimate of drug-likeness (QED) is 0.617. The van der Waals surface area contributed by atoms with Crippen LogP contribution in [0.4, 0.5) is 0 Å². The maximum atomic E-state index is 12.8. The predicted octanol–water partition coefficient (Wildman–Crippen LogP) is 1.90. The molecule has 6 nitrogen and oxygen atoms in total. The third-order valence-electron chi connectivity index (χ3n) is 5.59. The zero-order valence-electron chi connectivity index (χ0n) is 17.5. The zero-order valence-corrected chi connectivity index (χ0v) is 18.4. The van der Waals surface area contributed by atoms with Crippen molar-refractivity contribution < 1.29 is 9.69 Å². The van der Waals surface area contributed by atoms with Gasteiger partial charge in [0.1, 0.15) is 6.54 Å². The van der Waals surface area contributed by atoms with Crippen molar-refractivity contribution in [3.8, 4) is 5.69 Å². The lowest BCUT2D eigenvalue weighted by atomic mass is 10.2. The minimum Gasteiger partial charge on any atom is -0.331 e. The van der Waals surface area contributed by atoms with E-state index in [0.717, 1.165) is 54.7 Å². The molecule has 1 N–H and O–H groups in total. The normalized spacial score (nSPS) is 14.8. The molecule has 0 spiro atoms. The number of nitrogens with zero attached hydrogens (tertiary/aromatic N) is 4. The van der Waals surface area contributed by atoms with Crippen LogP contribution in [0.2, 0.25) is 0 Å². The molecule has 0 bridgehead atoms. The fraction of sp³-hybridized carbons (Fsp3) is 0.348. The van der Waals surface area contributed by atoms with E-state index in [1.165, 1.54) is 10.5 Å². The fourth-order valence-electron chi connectivity index (χ4n) is 3.92. The molecule has 1 aliphatic heterocycles. The lowest BCUT2D eigenvalue weighted by Gasteiger charge is -2.32. The maximum absolute atomic E-state index is 12.8. The van der Waals surface area contributed by atoms with Crippen molar-refractivity contribution >= 4 is 17.7 Å². The Balaban J connectivity index is 1.31. The monoisotopic (exact) mass is 422 g/mol. The highest BCUT2D eigenvalue weighted by Gasteiger charge is 2.24. The average Bonchev–Trinajstić information content (AvgIpc) is 3.07. The molecule has 1 aromatic carbocycles. The molecule has 30 heavy (non-hydrogen) atoms. The van der Waals surface area contributed by atoms with Crippen molar-refractivity contribution in [2.24, 2.45) is 0 Å². The molecule has 3 heterocycles. The summed E-state index contributed by atoms with van der Waals surface area (Å²) >= 11 is 1.61. The van der Waals surface area contributed by atoms with E-state index in [2.05, 4.69) is 29.1 Å². The number of aryl methyl sites for hydroxylation is 1. The van der Waals surface area contributed by atoms with E-state index in [9.17, 15) is 4.79 Å². The summed E-state index contributed by atoms with van der Waals surface area (Å²) in [6.45, 7) is 8.70. The van der Waals surface area contributed by atoms with Crippen LogP contribution in [0, 0.1) is 13.8 Å². The van der Waals surface area contributed by atoms with Crippen LogP contribution in [0.15, 0.2) is 59.8 Å². The van der Waals surface area contributed by atoms with Gasteiger partial charge >= 0.3 is 0 Å². The molecule has 1 amide bonds. The maximum Gasteiger partial charge on any atom is 0.233 e. The van der Waals surface area contributed by atoms with Crippen molar-refractivity contribution in [1.82, 2.24) is 19.7 Å². The molecule has 0 aliphatic carbocycles. The summed E-state index contributed by atoms with van der Waals surface area (Å²) in [4.78, 5) is 21.5. The van der Waals surface area contributed by atoms with Crippen molar-refractivity contribution in [3.63, 3.8) is 0 Å². The number of aromatic nitrogens is 3. The Morgan fingerprint density at radius 2 is 1.77 bits per heavy atom. The van der Waals surface area contributed by atoms with E-state index < -0.39 is 0 Å². The molecule has 156 valence electrons. The molecule has 0 unspecified atom stereocenters. The number of amides is 1. The van der Waals surface area contributed by atoms with E-state index in [4.69, 9.17) is 0 Å². The number of hydrogen-bond donors (Lipinski definition) is 1. The van der Waals surface area contributed by atoms with Gasteiger partial charge in [-0.1, -0.05) is 18.2 Å². The van der Waals surface area contributed by atoms with Crippen LogP contribution in [0.25, 0.3) is 5.69 Å². The van der Waals surface area contributed by atoms with E-state index >= 15 is 0 Å². The third-order valence-corrected chi connectivity index (χ3v) is 6.86. The molecule has 1 saturated heterocycles. The summed E-state index contributed by atoms with van der Waals surface area (Å²) in [5, 5.41) is 4.68. The first-order valence-electron chi connectivity index (χ1n) is 10.4. The number of hydrogen-bond acceptors (Lipinski definition) is 4. The van der Waals surface area contributed by atoms with Gasteiger partial charge in [0.15, 0.2) is 0 Å². The SMILES string of the molecule is Cc1nn(-c2ccccc2)c(C)c1SCC(=O)N1CC[NH+](Cc2ccncc2)CC1. The van der Waals surface area contributed by atoms with Crippen LogP contribution in [0.1, 0.15) is 17.0 Å². The van der Waals surface area contributed by atoms with Gasteiger partial charge in [-0.2, -0.15) is 5.10 Å². The molecule has 0 radical (unpaired) electrons. The summed E-state index contributed by atoms with van der Waals surface area (Å²) in [5.74, 6) is 0.677. The smallest absolute Gasteiger partial charge is 0.233 e. The van der Waals surface area contributed by atoms with Gasteiger partial charge in [0.25, 0.3) is 0 Å². The highest BCUT2D eigenvalue weighted by Crippen LogP contribution is 2.28. The lowest BCUT2D eigenvalue weighted by molar-refractivity contribution is -0.917. The van der Waals surface area contributed by atoms with Gasteiger partial charge in [0.2, 0.25) is 5.91 Å². The molecular weight excluding hydrogens is 394 g/mol. The number of carbonyl (C=O) groups excluding carboxylic acids is 1. The number of quaternary nitrogens is 1. The first-order valence-corrected chi connectivity index (χ1v) is 11.3. The molecule has 2 aromatic heterocycles. The topological polar surface area (TPSA) is 55.5 Å². The predicted molar refractivity (Wildman–Crippen MR) is 119 cm³/mol. The Bertz CT molecular complexity index is 982. The van der Waals surface area contributed by atoms with Gasteiger partial charge in [-0.3, -0.25) is 9.78 Å². The average molecular weight is 423 g/mol. The van der Waals surface area contributed by atoms with Crippen molar-refractivity contribution in [3.05, 3.63) is 71.8 Å². The van der Waals surface area contributed by atoms with Gasteiger partial charge in [-0.25, -0.2) is 4.68 Å². The molecule has 1 aliphatic rings. The largest absolute Gasteiger partial charge is 0.331 e. The Kier molecular flexibility index (Phi) is 6.50. The Morgan fingerprint density at radius 3 is 2.47 bits per heavy atom. The number of para-hydroxylation sites is 1. The number of piperazine rings is 1. The molecule has 4 rings (SSSR count). The van der Waals surface area contributed by atoms with Crippen LogP contribution < -0.4 is 4.90 Å². The fourth-order valence-corrected chi connectivity index (χ4v) is 4.92. The Morgan fingerprint density at radius 1 is 1.07 bits per heavy atom. The summed E-state index contributed by atoms with van der Waals surface area (Å²) in [5.41, 5.74) is 4.41. The summed E-state index contributed by atoms with van der Waals surface area (Å²) in [6, 6.07) is 14.3. The standard InChI is InChI=1S/C23H27N5OS/c1-18-23(19(2)28(25-18)21-6-4-3-5-7-21)30-17-22(29)27-14-12-26(13-15-27)16-20-8-10-24-11-9-20/h3-11H,12-17H2,1-2H3/p+1. The van der Waals surface area contributed by atoms with Crippen LogP contribution in [0.3, 0.4) is 0 Å². The molecular formula is C23H28N5OS+. The Hall–Kier alpha value is -2.64. The lowest BCUT2D eigenvalue weighted by Crippen LogP contribution is -3.13. The van der Waals surface area contributed by atoms with Crippen LogP contribution in [-0.2, 0) is 11.3 Å². The molecule has 7 heteroatoms. The minimum atomic E-state index is 0.217. The summed E-state index contributed by atoms with van der Waals surface area (Å²) in [6.07, 6.45) is 3.69. The number of pyridine rings is 1.